The van der Waals surface area contributed by atoms with Crippen LogP contribution < -0.4 is 5.32 Å². The van der Waals surface area contributed by atoms with Crippen LogP contribution in [0.3, 0.4) is 0 Å². The smallest absolute Gasteiger partial charge is 0.224 e. The number of carbonyl (C=O) groups excluding carboxylic acids is 1. The summed E-state index contributed by atoms with van der Waals surface area (Å²) in [6.07, 6.45) is 0.859. The third-order valence-corrected chi connectivity index (χ3v) is 4.87. The highest BCUT2D eigenvalue weighted by Gasteiger charge is 2.11. The third-order valence-electron chi connectivity index (χ3n) is 4.50. The number of hydrogen-bond acceptors (Lipinski definition) is 3. The molecule has 0 aliphatic carbocycles. The maximum absolute atomic E-state index is 12.3. The van der Waals surface area contributed by atoms with Gasteiger partial charge < -0.3 is 14.4 Å². The molecule has 132 valence electrons. The van der Waals surface area contributed by atoms with E-state index in [1.54, 1.807) is 6.07 Å². The standard InChI is InChI=1S/C20H18BrN3O2/c1-2-24-17-6-4-3-5-15(17)16-11-13(7-9-18(16)24)22-20(25)10-8-14-12-19(21)23-26-14/h3-7,9,11-12H,2,8,10H2,1H3,(H,22,25). The normalized spacial score (nSPS) is 11.3. The Labute approximate surface area is 159 Å². The highest BCUT2D eigenvalue weighted by Crippen LogP contribution is 2.31. The van der Waals surface area contributed by atoms with Gasteiger partial charge in [-0.15, -0.1) is 0 Å². The largest absolute Gasteiger partial charge is 0.360 e. The Morgan fingerprint density at radius 2 is 1.96 bits per heavy atom. The summed E-state index contributed by atoms with van der Waals surface area (Å²) in [6, 6.07) is 16.2. The van der Waals surface area contributed by atoms with Crippen molar-refractivity contribution in [3.05, 3.63) is 58.9 Å². The zero-order valence-electron chi connectivity index (χ0n) is 14.3. The lowest BCUT2D eigenvalue weighted by Crippen LogP contribution is -2.12. The Balaban J connectivity index is 1.57. The number of nitrogens with one attached hydrogen (secondary N) is 1. The molecule has 0 saturated heterocycles. The molecule has 0 spiro atoms. The number of benzene rings is 2. The van der Waals surface area contributed by atoms with Crippen LogP contribution in [0.5, 0.6) is 0 Å². The molecule has 0 atom stereocenters. The Hall–Kier alpha value is -2.60. The van der Waals surface area contributed by atoms with Crippen LogP contribution in [-0.2, 0) is 17.8 Å². The maximum atomic E-state index is 12.3. The number of carbonyl (C=O) groups is 1. The van der Waals surface area contributed by atoms with E-state index in [4.69, 9.17) is 4.52 Å². The lowest BCUT2D eigenvalue weighted by Gasteiger charge is -2.06. The van der Waals surface area contributed by atoms with Gasteiger partial charge in [0.05, 0.1) is 0 Å². The highest BCUT2D eigenvalue weighted by molar-refractivity contribution is 9.10. The van der Waals surface area contributed by atoms with Crippen LogP contribution in [0.2, 0.25) is 0 Å². The summed E-state index contributed by atoms with van der Waals surface area (Å²) in [4.78, 5) is 12.3. The van der Waals surface area contributed by atoms with Gasteiger partial charge in [-0.2, -0.15) is 0 Å². The monoisotopic (exact) mass is 411 g/mol. The van der Waals surface area contributed by atoms with Crippen LogP contribution >= 0.6 is 15.9 Å². The summed E-state index contributed by atoms with van der Waals surface area (Å²) < 4.78 is 8.04. The molecule has 6 heteroatoms. The van der Waals surface area contributed by atoms with Gasteiger partial charge in [-0.25, -0.2) is 0 Å². The Morgan fingerprint density at radius 1 is 1.15 bits per heavy atom. The minimum atomic E-state index is -0.0453. The average molecular weight is 412 g/mol. The molecule has 0 aliphatic heterocycles. The molecule has 0 bridgehead atoms. The minimum Gasteiger partial charge on any atom is -0.360 e. The van der Waals surface area contributed by atoms with Crippen molar-refractivity contribution in [1.82, 2.24) is 9.72 Å². The molecule has 0 radical (unpaired) electrons. The summed E-state index contributed by atoms with van der Waals surface area (Å²) in [7, 11) is 0. The van der Waals surface area contributed by atoms with Gasteiger partial charge in [0.15, 0.2) is 0 Å². The maximum Gasteiger partial charge on any atom is 0.224 e. The Kier molecular flexibility index (Phi) is 4.51. The number of aromatic nitrogens is 2. The van der Waals surface area contributed by atoms with E-state index in [0.29, 0.717) is 23.2 Å². The molecule has 1 N–H and O–H groups in total. The Morgan fingerprint density at radius 3 is 2.73 bits per heavy atom. The lowest BCUT2D eigenvalue weighted by molar-refractivity contribution is -0.116. The number of para-hydroxylation sites is 1. The SMILES string of the molecule is CCn1c2ccccc2c2cc(NC(=O)CCc3cc(Br)no3)ccc21. The van der Waals surface area contributed by atoms with Gasteiger partial charge >= 0.3 is 0 Å². The molecule has 0 unspecified atom stereocenters. The summed E-state index contributed by atoms with van der Waals surface area (Å²) >= 11 is 3.24. The average Bonchev–Trinajstić information content (AvgIpc) is 3.20. The molecule has 0 aliphatic rings. The van der Waals surface area contributed by atoms with Crippen molar-refractivity contribution in [3.63, 3.8) is 0 Å². The number of halogens is 1. The summed E-state index contributed by atoms with van der Waals surface area (Å²) in [5.41, 5.74) is 3.20. The fourth-order valence-electron chi connectivity index (χ4n) is 3.34. The van der Waals surface area contributed by atoms with E-state index in [1.807, 2.05) is 18.2 Å². The fraction of sp³-hybridized carbons (Fsp3) is 0.200. The molecule has 0 fully saturated rings. The van der Waals surface area contributed by atoms with Crippen LogP contribution in [-0.4, -0.2) is 15.6 Å². The molecule has 26 heavy (non-hydrogen) atoms. The molecule has 2 aromatic heterocycles. The summed E-state index contributed by atoms with van der Waals surface area (Å²) in [6.45, 7) is 3.05. The third kappa shape index (κ3) is 3.12. The molecule has 5 nitrogen and oxygen atoms in total. The molecule has 0 saturated carbocycles. The van der Waals surface area contributed by atoms with Crippen LogP contribution in [0.1, 0.15) is 19.1 Å². The van der Waals surface area contributed by atoms with E-state index in [9.17, 15) is 4.79 Å². The first kappa shape index (κ1) is 16.8. The summed E-state index contributed by atoms with van der Waals surface area (Å²) in [5.74, 6) is 0.643. The van der Waals surface area contributed by atoms with Crippen molar-refractivity contribution < 1.29 is 9.32 Å². The van der Waals surface area contributed by atoms with Gasteiger partial charge in [-0.3, -0.25) is 4.79 Å². The van der Waals surface area contributed by atoms with Gasteiger partial charge in [-0.05, 0) is 47.1 Å². The molecular formula is C20H18BrN3O2. The number of rotatable bonds is 5. The first-order valence-electron chi connectivity index (χ1n) is 8.57. The van der Waals surface area contributed by atoms with E-state index in [2.05, 4.69) is 62.2 Å². The minimum absolute atomic E-state index is 0.0453. The summed E-state index contributed by atoms with van der Waals surface area (Å²) in [5, 5.41) is 9.09. The molecular weight excluding hydrogens is 394 g/mol. The number of amides is 1. The van der Waals surface area contributed by atoms with Crippen molar-refractivity contribution in [2.24, 2.45) is 0 Å². The van der Waals surface area contributed by atoms with Gasteiger partial charge in [0.25, 0.3) is 0 Å². The van der Waals surface area contributed by atoms with Crippen molar-refractivity contribution in [2.75, 3.05) is 5.32 Å². The molecule has 4 aromatic rings. The van der Waals surface area contributed by atoms with Crippen LogP contribution in [0.15, 0.2) is 57.7 Å². The van der Waals surface area contributed by atoms with E-state index in [1.165, 1.54) is 16.4 Å². The van der Waals surface area contributed by atoms with Gasteiger partial charge in [-0.1, -0.05) is 23.4 Å². The Bertz CT molecular complexity index is 1100. The number of aryl methyl sites for hydroxylation is 2. The quantitative estimate of drug-likeness (QED) is 0.494. The van der Waals surface area contributed by atoms with Crippen LogP contribution in [0.4, 0.5) is 5.69 Å². The van der Waals surface area contributed by atoms with E-state index >= 15 is 0 Å². The highest BCUT2D eigenvalue weighted by atomic mass is 79.9. The molecule has 1 amide bonds. The van der Waals surface area contributed by atoms with E-state index in [0.717, 1.165) is 17.6 Å². The fourth-order valence-corrected chi connectivity index (χ4v) is 3.67. The first-order chi connectivity index (χ1) is 12.7. The molecule has 2 heterocycles. The van der Waals surface area contributed by atoms with E-state index in [-0.39, 0.29) is 5.91 Å². The van der Waals surface area contributed by atoms with Crippen LogP contribution in [0, 0.1) is 0 Å². The predicted molar refractivity (Wildman–Crippen MR) is 106 cm³/mol. The van der Waals surface area contributed by atoms with Crippen LogP contribution in [0.25, 0.3) is 21.8 Å². The number of fused-ring (bicyclic) bond motifs is 3. The number of nitrogens with zero attached hydrogens (tertiary/aromatic N) is 2. The van der Waals surface area contributed by atoms with Crippen molar-refractivity contribution >= 4 is 49.3 Å². The lowest BCUT2D eigenvalue weighted by atomic mass is 10.1. The van der Waals surface area contributed by atoms with Gasteiger partial charge in [0, 0.05) is 52.9 Å². The van der Waals surface area contributed by atoms with Crippen molar-refractivity contribution in [3.8, 4) is 0 Å². The topological polar surface area (TPSA) is 60.1 Å². The molecule has 4 rings (SSSR count). The van der Waals surface area contributed by atoms with Gasteiger partial charge in [0.2, 0.25) is 5.91 Å². The second kappa shape index (κ2) is 6.96. The number of hydrogen-bond donors (Lipinski definition) is 1. The van der Waals surface area contributed by atoms with Gasteiger partial charge in [0.1, 0.15) is 10.4 Å². The van der Waals surface area contributed by atoms with Crippen molar-refractivity contribution in [1.29, 1.82) is 0 Å². The second-order valence-corrected chi connectivity index (χ2v) is 6.97. The number of anilines is 1. The second-order valence-electron chi connectivity index (χ2n) is 6.16. The van der Waals surface area contributed by atoms with Crippen molar-refractivity contribution in [2.45, 2.75) is 26.3 Å². The first-order valence-corrected chi connectivity index (χ1v) is 9.37. The molecule has 2 aromatic carbocycles. The zero-order chi connectivity index (χ0) is 18.1. The zero-order valence-corrected chi connectivity index (χ0v) is 15.9. The predicted octanol–water partition coefficient (Wildman–Crippen LogP) is 5.14. The van der Waals surface area contributed by atoms with E-state index < -0.39 is 0 Å².